The Morgan fingerprint density at radius 1 is 1.18 bits per heavy atom. The van der Waals surface area contributed by atoms with Gasteiger partial charge in [-0.25, -0.2) is 0 Å². The first-order valence-electron chi connectivity index (χ1n) is 8.13. The molecule has 2 heterocycles. The minimum atomic E-state index is 0.163. The minimum Gasteiger partial charge on any atom is -0.490 e. The molecule has 0 bridgehead atoms. The van der Waals surface area contributed by atoms with Crippen LogP contribution in [0, 0.1) is 5.92 Å². The van der Waals surface area contributed by atoms with E-state index in [1.165, 1.54) is 11.1 Å². The van der Waals surface area contributed by atoms with Crippen molar-refractivity contribution in [1.29, 1.82) is 0 Å². The van der Waals surface area contributed by atoms with Crippen LogP contribution >= 0.6 is 0 Å². The molecule has 0 atom stereocenters. The van der Waals surface area contributed by atoms with E-state index in [-0.39, 0.29) is 11.8 Å². The third kappa shape index (κ3) is 2.90. The van der Waals surface area contributed by atoms with Gasteiger partial charge in [-0.15, -0.1) is 0 Å². The van der Waals surface area contributed by atoms with Gasteiger partial charge < -0.3 is 19.7 Å². The van der Waals surface area contributed by atoms with Crippen molar-refractivity contribution in [2.75, 3.05) is 32.8 Å². The second kappa shape index (κ2) is 6.57. The van der Waals surface area contributed by atoms with Gasteiger partial charge in [0.2, 0.25) is 5.91 Å². The van der Waals surface area contributed by atoms with Gasteiger partial charge in [0, 0.05) is 26.2 Å². The monoisotopic (exact) mass is 304 g/mol. The minimum absolute atomic E-state index is 0.163. The molecule has 1 fully saturated rings. The number of carbonyl (C=O) groups excluding carboxylic acids is 1. The van der Waals surface area contributed by atoms with Gasteiger partial charge >= 0.3 is 0 Å². The molecular weight excluding hydrogens is 280 g/mol. The molecule has 1 saturated heterocycles. The molecule has 22 heavy (non-hydrogen) atoms. The zero-order valence-corrected chi connectivity index (χ0v) is 13.4. The van der Waals surface area contributed by atoms with Gasteiger partial charge in [-0.3, -0.25) is 4.79 Å². The molecule has 2 aliphatic rings. The molecule has 1 amide bonds. The molecule has 0 aromatic heterocycles. The van der Waals surface area contributed by atoms with Crippen LogP contribution in [0.1, 0.15) is 25.0 Å². The Morgan fingerprint density at radius 3 is 2.36 bits per heavy atom. The first kappa shape index (κ1) is 15.2. The summed E-state index contributed by atoms with van der Waals surface area (Å²) in [6.45, 7) is 8.27. The van der Waals surface area contributed by atoms with E-state index in [0.29, 0.717) is 19.8 Å². The maximum absolute atomic E-state index is 12.4. The van der Waals surface area contributed by atoms with Crippen molar-refractivity contribution in [3.05, 3.63) is 23.3 Å². The standard InChI is InChI=1S/C17H24N2O3/c1-3-21-15-7-12-5-6-19(17(20)14-9-18-10-14)11-13(12)8-16(15)22-4-2/h7-8,14,18H,3-6,9-11H2,1-2H3. The third-order valence-electron chi connectivity index (χ3n) is 4.32. The fourth-order valence-corrected chi connectivity index (χ4v) is 3.01. The summed E-state index contributed by atoms with van der Waals surface area (Å²) in [5, 5.41) is 3.16. The molecule has 0 aliphatic carbocycles. The van der Waals surface area contributed by atoms with Gasteiger partial charge in [0.1, 0.15) is 0 Å². The van der Waals surface area contributed by atoms with Crippen molar-refractivity contribution in [1.82, 2.24) is 10.2 Å². The van der Waals surface area contributed by atoms with E-state index in [2.05, 4.69) is 11.4 Å². The summed E-state index contributed by atoms with van der Waals surface area (Å²) in [7, 11) is 0. The Hall–Kier alpha value is -1.75. The molecule has 120 valence electrons. The van der Waals surface area contributed by atoms with Gasteiger partial charge in [0.05, 0.1) is 19.1 Å². The fraction of sp³-hybridized carbons (Fsp3) is 0.588. The van der Waals surface area contributed by atoms with E-state index in [1.807, 2.05) is 24.8 Å². The van der Waals surface area contributed by atoms with Crippen molar-refractivity contribution in [2.45, 2.75) is 26.8 Å². The maximum atomic E-state index is 12.4. The Kier molecular flexibility index (Phi) is 4.52. The number of ether oxygens (including phenoxy) is 2. The van der Waals surface area contributed by atoms with E-state index in [9.17, 15) is 4.79 Å². The van der Waals surface area contributed by atoms with Gasteiger partial charge in [-0.1, -0.05) is 0 Å². The molecule has 1 N–H and O–H groups in total. The Bertz CT molecular complexity index is 555. The molecule has 0 unspecified atom stereocenters. The number of amides is 1. The van der Waals surface area contributed by atoms with Crippen LogP contribution in [-0.4, -0.2) is 43.7 Å². The molecular formula is C17H24N2O3. The number of rotatable bonds is 5. The zero-order chi connectivity index (χ0) is 15.5. The highest BCUT2D eigenvalue weighted by molar-refractivity contribution is 5.80. The Morgan fingerprint density at radius 2 is 1.82 bits per heavy atom. The summed E-state index contributed by atoms with van der Waals surface area (Å²) < 4.78 is 11.4. The number of hydrogen-bond donors (Lipinski definition) is 1. The number of benzene rings is 1. The molecule has 5 heteroatoms. The van der Waals surface area contributed by atoms with Crippen LogP contribution in [0.25, 0.3) is 0 Å². The van der Waals surface area contributed by atoms with E-state index in [1.54, 1.807) is 0 Å². The highest BCUT2D eigenvalue weighted by Gasteiger charge is 2.31. The van der Waals surface area contributed by atoms with Crippen molar-refractivity contribution < 1.29 is 14.3 Å². The second-order valence-corrected chi connectivity index (χ2v) is 5.80. The van der Waals surface area contributed by atoms with Crippen LogP contribution in [0.2, 0.25) is 0 Å². The largest absolute Gasteiger partial charge is 0.490 e. The lowest BCUT2D eigenvalue weighted by molar-refractivity contribution is -0.138. The van der Waals surface area contributed by atoms with Gasteiger partial charge in [0.25, 0.3) is 0 Å². The summed E-state index contributed by atoms with van der Waals surface area (Å²) >= 11 is 0. The average molecular weight is 304 g/mol. The maximum Gasteiger partial charge on any atom is 0.228 e. The Labute approximate surface area is 131 Å². The normalized spacial score (nSPS) is 17.6. The summed E-state index contributed by atoms with van der Waals surface area (Å²) in [6.07, 6.45) is 0.883. The number of nitrogens with zero attached hydrogens (tertiary/aromatic N) is 1. The van der Waals surface area contributed by atoms with Crippen molar-refractivity contribution in [3.8, 4) is 11.5 Å². The van der Waals surface area contributed by atoms with Crippen LogP contribution in [0.15, 0.2) is 12.1 Å². The predicted molar refractivity (Wildman–Crippen MR) is 84.3 cm³/mol. The van der Waals surface area contributed by atoms with Gasteiger partial charge in [-0.2, -0.15) is 0 Å². The first-order chi connectivity index (χ1) is 10.7. The topological polar surface area (TPSA) is 50.8 Å². The summed E-state index contributed by atoms with van der Waals surface area (Å²) in [5.74, 6) is 2.03. The lowest BCUT2D eigenvalue weighted by atomic mass is 9.95. The predicted octanol–water partition coefficient (Wildman–Crippen LogP) is 1.59. The molecule has 0 spiro atoms. The summed E-state index contributed by atoms with van der Waals surface area (Å²) in [6, 6.07) is 4.12. The SMILES string of the molecule is CCOc1cc2c(cc1OCC)CN(C(=O)C1CNC1)CC2. The lowest BCUT2D eigenvalue weighted by Crippen LogP contribution is -2.52. The van der Waals surface area contributed by atoms with Gasteiger partial charge in [0.15, 0.2) is 11.5 Å². The lowest BCUT2D eigenvalue weighted by Gasteiger charge is -2.35. The smallest absolute Gasteiger partial charge is 0.228 e. The molecule has 1 aromatic carbocycles. The molecule has 0 radical (unpaired) electrons. The van der Waals surface area contributed by atoms with E-state index >= 15 is 0 Å². The summed E-state index contributed by atoms with van der Waals surface area (Å²) in [5.41, 5.74) is 2.45. The number of hydrogen-bond acceptors (Lipinski definition) is 4. The molecule has 0 saturated carbocycles. The number of carbonyl (C=O) groups is 1. The van der Waals surface area contributed by atoms with Crippen LogP contribution < -0.4 is 14.8 Å². The van der Waals surface area contributed by atoms with E-state index in [0.717, 1.165) is 37.6 Å². The first-order valence-corrected chi connectivity index (χ1v) is 8.13. The fourth-order valence-electron chi connectivity index (χ4n) is 3.01. The van der Waals surface area contributed by atoms with Crippen LogP contribution in [0.3, 0.4) is 0 Å². The average Bonchev–Trinajstić information content (AvgIpc) is 2.46. The van der Waals surface area contributed by atoms with E-state index < -0.39 is 0 Å². The van der Waals surface area contributed by atoms with Crippen molar-refractivity contribution in [2.24, 2.45) is 5.92 Å². The molecule has 5 nitrogen and oxygen atoms in total. The van der Waals surface area contributed by atoms with Crippen molar-refractivity contribution in [3.63, 3.8) is 0 Å². The highest BCUT2D eigenvalue weighted by atomic mass is 16.5. The zero-order valence-electron chi connectivity index (χ0n) is 13.4. The van der Waals surface area contributed by atoms with Crippen LogP contribution in [-0.2, 0) is 17.8 Å². The molecule has 1 aromatic rings. The highest BCUT2D eigenvalue weighted by Crippen LogP contribution is 2.34. The third-order valence-corrected chi connectivity index (χ3v) is 4.32. The molecule has 2 aliphatic heterocycles. The number of fused-ring (bicyclic) bond motifs is 1. The quantitative estimate of drug-likeness (QED) is 0.897. The van der Waals surface area contributed by atoms with Crippen LogP contribution in [0.4, 0.5) is 0 Å². The number of nitrogens with one attached hydrogen (secondary N) is 1. The van der Waals surface area contributed by atoms with Crippen LogP contribution in [0.5, 0.6) is 11.5 Å². The van der Waals surface area contributed by atoms with E-state index in [4.69, 9.17) is 9.47 Å². The summed E-state index contributed by atoms with van der Waals surface area (Å²) in [4.78, 5) is 14.4. The van der Waals surface area contributed by atoms with Gasteiger partial charge in [-0.05, 0) is 43.5 Å². The molecule has 3 rings (SSSR count). The second-order valence-electron chi connectivity index (χ2n) is 5.80. The van der Waals surface area contributed by atoms with Crippen molar-refractivity contribution >= 4 is 5.91 Å². The Balaban J connectivity index is 1.80.